The molecule has 0 aliphatic heterocycles. The summed E-state index contributed by atoms with van der Waals surface area (Å²) in [4.78, 5) is 15.7. The van der Waals surface area contributed by atoms with Crippen LogP contribution in [0.1, 0.15) is 17.5 Å². The van der Waals surface area contributed by atoms with Crippen LogP contribution in [-0.4, -0.2) is 24.2 Å². The lowest BCUT2D eigenvalue weighted by atomic mass is 10.2. The van der Waals surface area contributed by atoms with E-state index in [4.69, 9.17) is 14.7 Å². The maximum atomic E-state index is 11.7. The lowest BCUT2D eigenvalue weighted by Crippen LogP contribution is -2.03. The van der Waals surface area contributed by atoms with Gasteiger partial charge in [-0.05, 0) is 48.2 Å². The highest BCUT2D eigenvalue weighted by Gasteiger charge is 1.99. The standard InChI is InChI=1S/C19H18N2O3/c20-11-14-23-18-8-5-16(6-9-18)7-10-19(22)24-13-2-4-17-3-1-12-21-15-17/h1,3,5-10,12,15H,2,4,13-14H2. The van der Waals surface area contributed by atoms with Crippen molar-refractivity contribution in [1.29, 1.82) is 5.26 Å². The molecule has 122 valence electrons. The molecule has 0 amide bonds. The SMILES string of the molecule is N#CCOc1ccc(C=CC(=O)OCCCc2cccnc2)cc1. The summed E-state index contributed by atoms with van der Waals surface area (Å²) in [5.41, 5.74) is 1.98. The molecule has 0 unspecified atom stereocenters. The number of benzene rings is 1. The minimum absolute atomic E-state index is 0.0144. The summed E-state index contributed by atoms with van der Waals surface area (Å²) in [5, 5.41) is 8.44. The Labute approximate surface area is 141 Å². The predicted molar refractivity (Wildman–Crippen MR) is 90.1 cm³/mol. The van der Waals surface area contributed by atoms with Gasteiger partial charge in [-0.25, -0.2) is 4.79 Å². The fourth-order valence-electron chi connectivity index (χ4n) is 2.00. The molecular formula is C19H18N2O3. The quantitative estimate of drug-likeness (QED) is 0.424. The molecule has 0 radical (unpaired) electrons. The van der Waals surface area contributed by atoms with Crippen molar-refractivity contribution >= 4 is 12.0 Å². The molecule has 1 heterocycles. The molecule has 1 aromatic carbocycles. The van der Waals surface area contributed by atoms with Gasteiger partial charge in [0.05, 0.1) is 6.61 Å². The number of pyridine rings is 1. The van der Waals surface area contributed by atoms with Crippen molar-refractivity contribution in [2.75, 3.05) is 13.2 Å². The molecule has 0 N–H and O–H groups in total. The number of hydrogen-bond acceptors (Lipinski definition) is 5. The number of rotatable bonds is 8. The van der Waals surface area contributed by atoms with Gasteiger partial charge in [0.25, 0.3) is 0 Å². The van der Waals surface area contributed by atoms with E-state index < -0.39 is 0 Å². The van der Waals surface area contributed by atoms with Gasteiger partial charge in [0.2, 0.25) is 0 Å². The highest BCUT2D eigenvalue weighted by Crippen LogP contribution is 2.13. The van der Waals surface area contributed by atoms with Crippen LogP contribution >= 0.6 is 0 Å². The molecule has 0 saturated carbocycles. The molecule has 0 aliphatic carbocycles. The van der Waals surface area contributed by atoms with Crippen LogP contribution in [0.2, 0.25) is 0 Å². The van der Waals surface area contributed by atoms with E-state index in [1.54, 1.807) is 36.5 Å². The first kappa shape index (κ1) is 17.2. The van der Waals surface area contributed by atoms with Gasteiger partial charge in [0, 0.05) is 18.5 Å². The average Bonchev–Trinajstić information content (AvgIpc) is 2.63. The number of carbonyl (C=O) groups is 1. The van der Waals surface area contributed by atoms with E-state index in [1.165, 1.54) is 6.08 Å². The largest absolute Gasteiger partial charge is 0.479 e. The van der Waals surface area contributed by atoms with Crippen molar-refractivity contribution in [1.82, 2.24) is 4.98 Å². The van der Waals surface area contributed by atoms with Crippen LogP contribution in [0.25, 0.3) is 6.08 Å². The molecule has 0 bridgehead atoms. The molecule has 2 aromatic rings. The van der Waals surface area contributed by atoms with E-state index in [0.29, 0.717) is 12.4 Å². The van der Waals surface area contributed by atoms with Gasteiger partial charge in [0.15, 0.2) is 6.61 Å². The molecule has 1 aromatic heterocycles. The number of esters is 1. The van der Waals surface area contributed by atoms with Crippen molar-refractivity contribution in [3.8, 4) is 11.8 Å². The summed E-state index contributed by atoms with van der Waals surface area (Å²) in [7, 11) is 0. The summed E-state index contributed by atoms with van der Waals surface area (Å²) in [6, 6.07) is 12.9. The number of aromatic nitrogens is 1. The number of ether oxygens (including phenoxy) is 2. The molecule has 0 fully saturated rings. The number of aryl methyl sites for hydroxylation is 1. The normalized spacial score (nSPS) is 10.3. The molecular weight excluding hydrogens is 304 g/mol. The molecule has 2 rings (SSSR count). The zero-order chi connectivity index (χ0) is 17.0. The highest BCUT2D eigenvalue weighted by molar-refractivity contribution is 5.87. The van der Waals surface area contributed by atoms with E-state index >= 15 is 0 Å². The summed E-state index contributed by atoms with van der Waals surface area (Å²) >= 11 is 0. The van der Waals surface area contributed by atoms with Gasteiger partial charge in [-0.3, -0.25) is 4.98 Å². The zero-order valence-electron chi connectivity index (χ0n) is 13.2. The molecule has 24 heavy (non-hydrogen) atoms. The monoisotopic (exact) mass is 322 g/mol. The van der Waals surface area contributed by atoms with Crippen LogP contribution in [0.15, 0.2) is 54.9 Å². The first-order valence-electron chi connectivity index (χ1n) is 7.61. The second-order valence-corrected chi connectivity index (χ2v) is 4.98. The number of nitriles is 1. The van der Waals surface area contributed by atoms with Crippen LogP contribution < -0.4 is 4.74 Å². The summed E-state index contributed by atoms with van der Waals surface area (Å²) in [5.74, 6) is 0.248. The fourth-order valence-corrected chi connectivity index (χ4v) is 2.00. The van der Waals surface area contributed by atoms with Gasteiger partial charge in [-0.1, -0.05) is 18.2 Å². The Kier molecular flexibility index (Phi) is 7.03. The van der Waals surface area contributed by atoms with Crippen molar-refractivity contribution in [2.24, 2.45) is 0 Å². The van der Waals surface area contributed by atoms with Crippen LogP contribution in [0.5, 0.6) is 5.75 Å². The highest BCUT2D eigenvalue weighted by atomic mass is 16.5. The number of carbonyl (C=O) groups excluding carboxylic acids is 1. The van der Waals surface area contributed by atoms with E-state index in [9.17, 15) is 4.79 Å². The van der Waals surface area contributed by atoms with E-state index in [0.717, 1.165) is 24.0 Å². The fraction of sp³-hybridized carbons (Fsp3) is 0.211. The summed E-state index contributed by atoms with van der Waals surface area (Å²) in [6.45, 7) is 0.388. The van der Waals surface area contributed by atoms with Gasteiger partial charge >= 0.3 is 5.97 Å². The third-order valence-corrected chi connectivity index (χ3v) is 3.17. The van der Waals surface area contributed by atoms with Crippen molar-refractivity contribution < 1.29 is 14.3 Å². The van der Waals surface area contributed by atoms with Gasteiger partial charge in [0.1, 0.15) is 11.8 Å². The summed E-state index contributed by atoms with van der Waals surface area (Å²) in [6.07, 6.45) is 8.21. The van der Waals surface area contributed by atoms with Crippen molar-refractivity contribution in [3.63, 3.8) is 0 Å². The third kappa shape index (κ3) is 6.32. The van der Waals surface area contributed by atoms with E-state index in [-0.39, 0.29) is 12.6 Å². The van der Waals surface area contributed by atoms with Crippen molar-refractivity contribution in [3.05, 3.63) is 66.0 Å². The molecule has 0 saturated heterocycles. The molecule has 0 aliphatic rings. The van der Waals surface area contributed by atoms with E-state index in [2.05, 4.69) is 4.98 Å². The van der Waals surface area contributed by atoms with Gasteiger partial charge in [-0.15, -0.1) is 0 Å². The van der Waals surface area contributed by atoms with Crippen molar-refractivity contribution in [2.45, 2.75) is 12.8 Å². The minimum Gasteiger partial charge on any atom is -0.479 e. The van der Waals surface area contributed by atoms with Gasteiger partial charge in [-0.2, -0.15) is 5.26 Å². The van der Waals surface area contributed by atoms with Crippen LogP contribution in [0.3, 0.4) is 0 Å². The number of hydrogen-bond donors (Lipinski definition) is 0. The second-order valence-electron chi connectivity index (χ2n) is 4.98. The predicted octanol–water partition coefficient (Wildman–Crippen LogP) is 3.17. The topological polar surface area (TPSA) is 72.2 Å². The van der Waals surface area contributed by atoms with Crippen LogP contribution in [0.4, 0.5) is 0 Å². The second kappa shape index (κ2) is 9.80. The summed E-state index contributed by atoms with van der Waals surface area (Å²) < 4.78 is 10.3. The minimum atomic E-state index is -0.369. The van der Waals surface area contributed by atoms with Crippen LogP contribution in [0, 0.1) is 11.3 Å². The Morgan fingerprint density at radius 3 is 2.79 bits per heavy atom. The Morgan fingerprint density at radius 1 is 1.25 bits per heavy atom. The lowest BCUT2D eigenvalue weighted by molar-refractivity contribution is -0.137. The first-order valence-corrected chi connectivity index (χ1v) is 7.61. The molecule has 0 atom stereocenters. The molecule has 5 heteroatoms. The third-order valence-electron chi connectivity index (χ3n) is 3.17. The van der Waals surface area contributed by atoms with Crippen LogP contribution in [-0.2, 0) is 16.0 Å². The smallest absolute Gasteiger partial charge is 0.330 e. The Hall–Kier alpha value is -3.13. The zero-order valence-corrected chi connectivity index (χ0v) is 13.2. The Morgan fingerprint density at radius 2 is 2.08 bits per heavy atom. The Balaban J connectivity index is 1.69. The maximum Gasteiger partial charge on any atom is 0.330 e. The molecule has 5 nitrogen and oxygen atoms in total. The Bertz CT molecular complexity index is 704. The van der Waals surface area contributed by atoms with E-state index in [1.807, 2.05) is 24.4 Å². The molecule has 0 spiro atoms. The lowest BCUT2D eigenvalue weighted by Gasteiger charge is -2.03. The maximum absolute atomic E-state index is 11.7. The van der Waals surface area contributed by atoms with Gasteiger partial charge < -0.3 is 9.47 Å². The number of nitrogens with zero attached hydrogens (tertiary/aromatic N) is 2. The first-order chi connectivity index (χ1) is 11.8. The average molecular weight is 322 g/mol.